The molecule has 0 atom stereocenters. The number of aryl methyl sites for hydroxylation is 1. The van der Waals surface area contributed by atoms with Gasteiger partial charge in [-0.1, -0.05) is 6.07 Å². The van der Waals surface area contributed by atoms with Crippen LogP contribution in [0.4, 0.5) is 4.39 Å². The van der Waals surface area contributed by atoms with Gasteiger partial charge >= 0.3 is 0 Å². The van der Waals surface area contributed by atoms with Crippen LogP contribution in [0.15, 0.2) is 18.2 Å². The van der Waals surface area contributed by atoms with Gasteiger partial charge in [0.15, 0.2) is 0 Å². The van der Waals surface area contributed by atoms with E-state index in [1.807, 2.05) is 36.6 Å². The average Bonchev–Trinajstić information content (AvgIpc) is 3.01. The zero-order valence-electron chi connectivity index (χ0n) is 16.1. The van der Waals surface area contributed by atoms with E-state index in [-0.39, 0.29) is 17.6 Å². The quantitative estimate of drug-likeness (QED) is 0.787. The van der Waals surface area contributed by atoms with Crippen molar-refractivity contribution in [2.75, 3.05) is 45.8 Å². The van der Waals surface area contributed by atoms with Crippen molar-refractivity contribution in [3.63, 3.8) is 0 Å². The van der Waals surface area contributed by atoms with Gasteiger partial charge < -0.3 is 9.80 Å². The number of thiophene rings is 1. The van der Waals surface area contributed by atoms with Gasteiger partial charge in [0.2, 0.25) is 5.91 Å². The molecule has 0 spiro atoms. The number of benzene rings is 1. The summed E-state index contributed by atoms with van der Waals surface area (Å²) >= 11 is 1.36. The third-order valence-electron chi connectivity index (χ3n) is 5.23. The number of amides is 2. The van der Waals surface area contributed by atoms with Crippen molar-refractivity contribution in [1.29, 1.82) is 0 Å². The second-order valence-corrected chi connectivity index (χ2v) is 7.86. The van der Waals surface area contributed by atoms with E-state index in [0.717, 1.165) is 23.4 Å². The lowest BCUT2D eigenvalue weighted by molar-refractivity contribution is -0.132. The van der Waals surface area contributed by atoms with Gasteiger partial charge in [0.1, 0.15) is 5.82 Å². The maximum Gasteiger partial charge on any atom is 0.264 e. The Morgan fingerprint density at radius 1 is 1.15 bits per heavy atom. The first-order chi connectivity index (χ1) is 13.0. The molecule has 0 saturated carbocycles. The van der Waals surface area contributed by atoms with Gasteiger partial charge in [0.25, 0.3) is 5.91 Å². The lowest BCUT2D eigenvalue weighted by Crippen LogP contribution is -2.51. The number of hydrogen-bond acceptors (Lipinski definition) is 4. The molecule has 2 heterocycles. The van der Waals surface area contributed by atoms with Gasteiger partial charge in [-0.2, -0.15) is 0 Å². The molecule has 1 aromatic carbocycles. The van der Waals surface area contributed by atoms with Gasteiger partial charge in [-0.3, -0.25) is 14.5 Å². The molecule has 146 valence electrons. The van der Waals surface area contributed by atoms with Gasteiger partial charge in [-0.15, -0.1) is 11.3 Å². The molecule has 1 aromatic heterocycles. The molecule has 0 aliphatic carbocycles. The summed E-state index contributed by atoms with van der Waals surface area (Å²) in [5.41, 5.74) is 0.720. The number of hydrogen-bond donors (Lipinski definition) is 0. The first kappa shape index (κ1) is 19.8. The molecule has 2 aromatic rings. The number of nitrogens with zero attached hydrogens (tertiary/aromatic N) is 3. The summed E-state index contributed by atoms with van der Waals surface area (Å²) in [7, 11) is 0. The van der Waals surface area contributed by atoms with Gasteiger partial charge in [-0.05, 0) is 38.5 Å². The Bertz CT molecular complexity index is 839. The molecule has 1 fully saturated rings. The van der Waals surface area contributed by atoms with Crippen molar-refractivity contribution in [2.24, 2.45) is 0 Å². The number of halogens is 1. The van der Waals surface area contributed by atoms with E-state index in [4.69, 9.17) is 0 Å². The van der Waals surface area contributed by atoms with Gasteiger partial charge in [-0.25, -0.2) is 4.39 Å². The molecule has 0 unspecified atom stereocenters. The lowest BCUT2D eigenvalue weighted by Gasteiger charge is -2.35. The number of rotatable bonds is 5. The highest BCUT2D eigenvalue weighted by Crippen LogP contribution is 2.33. The molecule has 0 N–H and O–H groups in total. The minimum atomic E-state index is -0.278. The fourth-order valence-electron chi connectivity index (χ4n) is 3.58. The summed E-state index contributed by atoms with van der Waals surface area (Å²) in [5.74, 6) is -0.182. The third-order valence-corrected chi connectivity index (χ3v) is 6.48. The highest BCUT2D eigenvalue weighted by molar-refractivity contribution is 7.21. The number of carbonyl (C=O) groups is 2. The van der Waals surface area contributed by atoms with Crippen molar-refractivity contribution in [3.05, 3.63) is 34.5 Å². The molecular weight excluding hydrogens is 365 g/mol. The summed E-state index contributed by atoms with van der Waals surface area (Å²) in [5, 5.41) is 0.550. The van der Waals surface area contributed by atoms with Gasteiger partial charge in [0.05, 0.1) is 11.4 Å². The SMILES string of the molecule is CCN(CC)C(=O)CN1CCN(C(=O)c2sc3cccc(F)c3c2C)CC1. The minimum absolute atomic E-state index is 0.0391. The summed E-state index contributed by atoms with van der Waals surface area (Å²) < 4.78 is 14.9. The maximum atomic E-state index is 14.1. The van der Waals surface area contributed by atoms with Crippen molar-refractivity contribution in [1.82, 2.24) is 14.7 Å². The molecule has 27 heavy (non-hydrogen) atoms. The summed E-state index contributed by atoms with van der Waals surface area (Å²) in [4.78, 5) is 31.6. The molecule has 1 saturated heterocycles. The Hall–Kier alpha value is -1.99. The minimum Gasteiger partial charge on any atom is -0.342 e. The molecule has 1 aliphatic heterocycles. The van der Waals surface area contributed by atoms with E-state index in [0.29, 0.717) is 43.0 Å². The van der Waals surface area contributed by atoms with Crippen LogP contribution in [0.1, 0.15) is 29.1 Å². The van der Waals surface area contributed by atoms with Crippen molar-refractivity contribution in [2.45, 2.75) is 20.8 Å². The number of piperazine rings is 1. The van der Waals surface area contributed by atoms with Gasteiger partial charge in [0, 0.05) is 49.4 Å². The van der Waals surface area contributed by atoms with Crippen LogP contribution in [-0.2, 0) is 4.79 Å². The Morgan fingerprint density at radius 3 is 2.41 bits per heavy atom. The summed E-state index contributed by atoms with van der Waals surface area (Å²) in [6.45, 7) is 10.1. The highest BCUT2D eigenvalue weighted by atomic mass is 32.1. The van der Waals surface area contributed by atoms with Crippen molar-refractivity contribution >= 4 is 33.2 Å². The van der Waals surface area contributed by atoms with E-state index < -0.39 is 0 Å². The third kappa shape index (κ3) is 3.99. The van der Waals surface area contributed by atoms with Crippen molar-refractivity contribution in [3.8, 4) is 0 Å². The predicted octanol–water partition coefficient (Wildman–Crippen LogP) is 2.98. The van der Waals surface area contributed by atoms with E-state index in [1.165, 1.54) is 17.4 Å². The Kier molecular flexibility index (Phi) is 6.11. The van der Waals surface area contributed by atoms with Crippen LogP contribution in [0.2, 0.25) is 0 Å². The average molecular weight is 392 g/mol. The molecule has 5 nitrogen and oxygen atoms in total. The number of likely N-dealkylation sites (N-methyl/N-ethyl adjacent to an activating group) is 1. The molecule has 0 bridgehead atoms. The smallest absolute Gasteiger partial charge is 0.264 e. The summed E-state index contributed by atoms with van der Waals surface area (Å²) in [6.07, 6.45) is 0. The van der Waals surface area contributed by atoms with Crippen LogP contribution >= 0.6 is 11.3 Å². The first-order valence-electron chi connectivity index (χ1n) is 9.43. The second kappa shape index (κ2) is 8.35. The van der Waals surface area contributed by atoms with Crippen LogP contribution in [0.25, 0.3) is 10.1 Å². The van der Waals surface area contributed by atoms with Crippen LogP contribution in [-0.4, -0.2) is 72.3 Å². The first-order valence-corrected chi connectivity index (χ1v) is 10.2. The van der Waals surface area contributed by atoms with Crippen LogP contribution in [0.3, 0.4) is 0 Å². The highest BCUT2D eigenvalue weighted by Gasteiger charge is 2.27. The molecule has 2 amide bonds. The number of carbonyl (C=O) groups excluding carboxylic acids is 2. The number of fused-ring (bicyclic) bond motifs is 1. The van der Waals surface area contributed by atoms with E-state index in [2.05, 4.69) is 4.90 Å². The van der Waals surface area contributed by atoms with Crippen LogP contribution in [0, 0.1) is 12.7 Å². The lowest BCUT2D eigenvalue weighted by atomic mass is 10.1. The molecule has 0 radical (unpaired) electrons. The van der Waals surface area contributed by atoms with Crippen LogP contribution < -0.4 is 0 Å². The monoisotopic (exact) mass is 391 g/mol. The van der Waals surface area contributed by atoms with Crippen molar-refractivity contribution < 1.29 is 14.0 Å². The predicted molar refractivity (Wildman–Crippen MR) is 107 cm³/mol. The Labute approximate surface area is 163 Å². The molecule has 3 rings (SSSR count). The standard InChI is InChI=1S/C20H26FN3O2S/c1-4-23(5-2)17(25)13-22-9-11-24(12-10-22)20(26)19-14(3)18-15(21)7-6-8-16(18)27-19/h6-8H,4-5,9-13H2,1-3H3. The van der Waals surface area contributed by atoms with E-state index in [1.54, 1.807) is 6.07 Å². The fourth-order valence-corrected chi connectivity index (χ4v) is 4.77. The molecular formula is C20H26FN3O2S. The molecule has 7 heteroatoms. The topological polar surface area (TPSA) is 43.9 Å². The normalized spacial score (nSPS) is 15.3. The zero-order valence-corrected chi connectivity index (χ0v) is 16.9. The van der Waals surface area contributed by atoms with Crippen LogP contribution in [0.5, 0.6) is 0 Å². The Morgan fingerprint density at radius 2 is 1.81 bits per heavy atom. The largest absolute Gasteiger partial charge is 0.342 e. The fraction of sp³-hybridized carbons (Fsp3) is 0.500. The van der Waals surface area contributed by atoms with E-state index >= 15 is 0 Å². The van der Waals surface area contributed by atoms with E-state index in [9.17, 15) is 14.0 Å². The maximum absolute atomic E-state index is 14.1. The second-order valence-electron chi connectivity index (χ2n) is 6.80. The Balaban J connectivity index is 1.65. The summed E-state index contributed by atoms with van der Waals surface area (Å²) in [6, 6.07) is 4.96. The molecule has 1 aliphatic rings. The zero-order chi connectivity index (χ0) is 19.6.